The third kappa shape index (κ3) is 3.16. The van der Waals surface area contributed by atoms with Crippen LogP contribution in [0.5, 0.6) is 0 Å². The van der Waals surface area contributed by atoms with Gasteiger partial charge in [0.15, 0.2) is 0 Å². The molecule has 1 fully saturated rings. The minimum atomic E-state index is -0.307. The molecule has 2 unspecified atom stereocenters. The zero-order valence-electron chi connectivity index (χ0n) is 11.1. The number of amides is 1. The smallest absolute Gasteiger partial charge is 0.396 e. The lowest BCUT2D eigenvalue weighted by atomic mass is 9.85. The topological polar surface area (TPSA) is 55.6 Å². The molecule has 1 aliphatic heterocycles. The molecule has 5 heteroatoms. The summed E-state index contributed by atoms with van der Waals surface area (Å²) in [6.07, 6.45) is 1.60. The van der Waals surface area contributed by atoms with Gasteiger partial charge in [-0.15, -0.1) is 0 Å². The fourth-order valence-electron chi connectivity index (χ4n) is 2.78. The maximum Gasteiger partial charge on any atom is 0.396 e. The third-order valence-corrected chi connectivity index (χ3v) is 4.03. The molecule has 0 bridgehead atoms. The van der Waals surface area contributed by atoms with Gasteiger partial charge in [-0.1, -0.05) is 24.3 Å². The summed E-state index contributed by atoms with van der Waals surface area (Å²) in [7, 11) is 2.80. The van der Waals surface area contributed by atoms with Crippen molar-refractivity contribution in [1.29, 1.82) is 0 Å². The summed E-state index contributed by atoms with van der Waals surface area (Å²) < 4.78 is 4.61. The van der Waals surface area contributed by atoms with Crippen LogP contribution in [-0.4, -0.2) is 34.1 Å². The molecule has 3 radical (unpaired) electrons. The van der Waals surface area contributed by atoms with Crippen LogP contribution >= 0.6 is 0 Å². The lowest BCUT2D eigenvalue weighted by molar-refractivity contribution is 0.116. The van der Waals surface area contributed by atoms with Crippen molar-refractivity contribution in [2.24, 2.45) is 5.73 Å². The molecule has 2 atom stereocenters. The van der Waals surface area contributed by atoms with Gasteiger partial charge in [-0.2, -0.15) is 0 Å². The van der Waals surface area contributed by atoms with Crippen LogP contribution in [0, 0.1) is 0 Å². The normalized spacial score (nSPS) is 23.2. The second-order valence-electron chi connectivity index (χ2n) is 5.08. The van der Waals surface area contributed by atoms with Gasteiger partial charge < -0.3 is 15.1 Å². The van der Waals surface area contributed by atoms with E-state index in [9.17, 15) is 4.79 Å². The first-order valence-corrected chi connectivity index (χ1v) is 6.99. The highest BCUT2D eigenvalue weighted by atomic mass is 28.2. The molecule has 0 saturated carbocycles. The summed E-state index contributed by atoms with van der Waals surface area (Å²) in [5.74, 6) is 0.486. The van der Waals surface area contributed by atoms with E-state index in [4.69, 9.17) is 5.73 Å². The number of nitrogens with zero attached hydrogens (tertiary/aromatic N) is 1. The first-order valence-electron chi connectivity index (χ1n) is 6.58. The van der Waals surface area contributed by atoms with Crippen LogP contribution in [0.1, 0.15) is 36.8 Å². The Morgan fingerprint density at radius 3 is 3.00 bits per heavy atom. The van der Waals surface area contributed by atoms with E-state index in [1.54, 1.807) is 4.90 Å². The van der Waals surface area contributed by atoms with E-state index >= 15 is 0 Å². The molecule has 1 amide bonds. The Morgan fingerprint density at radius 1 is 1.58 bits per heavy atom. The number of hydrogen-bond acceptors (Lipinski definition) is 3. The number of likely N-dealkylation sites (tertiary alicyclic amines) is 1. The fourth-order valence-corrected chi connectivity index (χ4v) is 2.90. The van der Waals surface area contributed by atoms with Gasteiger partial charge in [0.2, 0.25) is 0 Å². The zero-order valence-corrected chi connectivity index (χ0v) is 12.1. The Balaban J connectivity index is 2.07. The third-order valence-electron chi connectivity index (χ3n) is 3.86. The van der Waals surface area contributed by atoms with Gasteiger partial charge in [0, 0.05) is 19.1 Å². The van der Waals surface area contributed by atoms with Crippen LogP contribution in [-0.2, 0) is 11.0 Å². The maximum absolute atomic E-state index is 11.6. The molecule has 1 aromatic rings. The molecule has 1 aliphatic rings. The Morgan fingerprint density at radius 2 is 2.37 bits per heavy atom. The fraction of sp³-hybridized carbons (Fsp3) is 0.500. The van der Waals surface area contributed by atoms with Crippen LogP contribution in [0.4, 0.5) is 4.79 Å². The molecular weight excluding hydrogens is 256 g/mol. The lowest BCUT2D eigenvalue weighted by Gasteiger charge is -2.37. The Kier molecular flexibility index (Phi) is 4.60. The van der Waals surface area contributed by atoms with E-state index in [1.807, 2.05) is 6.07 Å². The van der Waals surface area contributed by atoms with Crippen molar-refractivity contribution in [2.75, 3.05) is 6.54 Å². The molecule has 19 heavy (non-hydrogen) atoms. The molecule has 2 N–H and O–H groups in total. The van der Waals surface area contributed by atoms with E-state index in [2.05, 4.69) is 40.0 Å². The van der Waals surface area contributed by atoms with Crippen molar-refractivity contribution in [3.05, 3.63) is 35.4 Å². The van der Waals surface area contributed by atoms with E-state index in [1.165, 1.54) is 5.56 Å². The SMILES string of the molecule is CC1CC(c2cccc(CN)c2)CCN1C(=O)O[Si]. The number of piperidine rings is 1. The monoisotopic (exact) mass is 275 g/mol. The first kappa shape index (κ1) is 14.1. The minimum absolute atomic E-state index is 0.184. The molecule has 101 valence electrons. The van der Waals surface area contributed by atoms with Gasteiger partial charge in [-0.25, -0.2) is 4.79 Å². The van der Waals surface area contributed by atoms with Crippen LogP contribution in [0.3, 0.4) is 0 Å². The molecule has 0 aliphatic carbocycles. The highest BCUT2D eigenvalue weighted by Crippen LogP contribution is 2.32. The van der Waals surface area contributed by atoms with Crippen LogP contribution in [0.25, 0.3) is 0 Å². The molecule has 0 aromatic heterocycles. The molecule has 2 rings (SSSR count). The van der Waals surface area contributed by atoms with Gasteiger partial charge in [0.05, 0.1) is 0 Å². The summed E-state index contributed by atoms with van der Waals surface area (Å²) in [6.45, 7) is 3.35. The van der Waals surface area contributed by atoms with Gasteiger partial charge in [0.25, 0.3) is 0 Å². The molecule has 0 spiro atoms. The van der Waals surface area contributed by atoms with Gasteiger partial charge in [0.1, 0.15) is 0 Å². The van der Waals surface area contributed by atoms with Gasteiger partial charge in [-0.05, 0) is 36.8 Å². The van der Waals surface area contributed by atoms with E-state index in [0.29, 0.717) is 12.5 Å². The summed E-state index contributed by atoms with van der Waals surface area (Å²) in [5, 5.41) is 0. The number of nitrogens with two attached hydrogens (primary N) is 1. The Labute approximate surface area is 117 Å². The predicted octanol–water partition coefficient (Wildman–Crippen LogP) is 1.93. The van der Waals surface area contributed by atoms with Crippen molar-refractivity contribution in [3.8, 4) is 0 Å². The Hall–Kier alpha value is -1.33. The van der Waals surface area contributed by atoms with Crippen molar-refractivity contribution >= 4 is 16.6 Å². The average molecular weight is 275 g/mol. The van der Waals surface area contributed by atoms with E-state index in [0.717, 1.165) is 24.9 Å². The maximum atomic E-state index is 11.6. The van der Waals surface area contributed by atoms with Crippen molar-refractivity contribution in [3.63, 3.8) is 0 Å². The van der Waals surface area contributed by atoms with Crippen LogP contribution < -0.4 is 5.73 Å². The summed E-state index contributed by atoms with van der Waals surface area (Å²) in [4.78, 5) is 13.3. The van der Waals surface area contributed by atoms with E-state index < -0.39 is 0 Å². The zero-order chi connectivity index (χ0) is 13.8. The number of carbonyl (C=O) groups is 1. The predicted molar refractivity (Wildman–Crippen MR) is 74.7 cm³/mol. The number of benzene rings is 1. The van der Waals surface area contributed by atoms with E-state index in [-0.39, 0.29) is 12.1 Å². The number of hydrogen-bond donors (Lipinski definition) is 1. The largest absolute Gasteiger partial charge is 0.500 e. The summed E-state index contributed by atoms with van der Waals surface area (Å²) in [6, 6.07) is 8.61. The van der Waals surface area contributed by atoms with Crippen molar-refractivity contribution in [1.82, 2.24) is 4.90 Å². The second kappa shape index (κ2) is 6.21. The summed E-state index contributed by atoms with van der Waals surface area (Å²) in [5.41, 5.74) is 8.16. The highest BCUT2D eigenvalue weighted by Gasteiger charge is 2.29. The van der Waals surface area contributed by atoms with Crippen molar-refractivity contribution in [2.45, 2.75) is 38.3 Å². The minimum Gasteiger partial charge on any atom is -0.500 e. The number of rotatable bonds is 2. The molecular formula is C14H19N2O2Si. The summed E-state index contributed by atoms with van der Waals surface area (Å²) >= 11 is 0. The molecule has 1 heterocycles. The second-order valence-corrected chi connectivity index (χ2v) is 5.28. The first-order chi connectivity index (χ1) is 9.15. The Bertz CT molecular complexity index is 453. The molecule has 1 saturated heterocycles. The highest BCUT2D eigenvalue weighted by molar-refractivity contribution is 6.05. The van der Waals surface area contributed by atoms with Crippen LogP contribution in [0.15, 0.2) is 24.3 Å². The lowest BCUT2D eigenvalue weighted by Crippen LogP contribution is -2.44. The van der Waals surface area contributed by atoms with Crippen LogP contribution in [0.2, 0.25) is 0 Å². The van der Waals surface area contributed by atoms with Gasteiger partial charge >= 0.3 is 16.6 Å². The molecule has 1 aromatic carbocycles. The average Bonchev–Trinajstić information content (AvgIpc) is 2.46. The number of carbonyl (C=O) groups excluding carboxylic acids is 1. The van der Waals surface area contributed by atoms with Crippen molar-refractivity contribution < 1.29 is 9.22 Å². The van der Waals surface area contributed by atoms with Gasteiger partial charge in [-0.3, -0.25) is 0 Å². The standard InChI is InChI=1S/C14H19N2O2Si/c1-10-7-13(5-6-16(10)14(17)18-19)12-4-2-3-11(8-12)9-15/h2-4,8,10,13H,5-7,9,15H2,1H3. The quantitative estimate of drug-likeness (QED) is 0.839. The molecule has 4 nitrogen and oxygen atoms in total.